The normalized spacial score (nSPS) is 15.1. The van der Waals surface area contributed by atoms with E-state index in [1.165, 1.54) is 6.07 Å². The fourth-order valence-corrected chi connectivity index (χ4v) is 3.31. The zero-order valence-corrected chi connectivity index (χ0v) is 18.3. The lowest BCUT2D eigenvalue weighted by atomic mass is 9.92. The highest BCUT2D eigenvalue weighted by molar-refractivity contribution is 9.08. The van der Waals surface area contributed by atoms with E-state index in [1.54, 1.807) is 18.5 Å². The predicted molar refractivity (Wildman–Crippen MR) is 114 cm³/mol. The Hall–Kier alpha value is -1.73. The van der Waals surface area contributed by atoms with Gasteiger partial charge in [0.2, 0.25) is 11.9 Å². The summed E-state index contributed by atoms with van der Waals surface area (Å²) in [6.07, 6.45) is 5.85. The second-order valence-corrected chi connectivity index (χ2v) is 6.26. The highest BCUT2D eigenvalue weighted by Crippen LogP contribution is 2.30. The smallest absolute Gasteiger partial charge is 0.225 e. The van der Waals surface area contributed by atoms with Crippen LogP contribution in [-0.2, 0) is 12.8 Å². The van der Waals surface area contributed by atoms with Gasteiger partial charge >= 0.3 is 0 Å². The minimum atomic E-state index is -0.448. The summed E-state index contributed by atoms with van der Waals surface area (Å²) in [6, 6.07) is 3.37. The molecule has 4 rings (SSSR count). The topological polar surface area (TPSA) is 57.7 Å². The first-order valence-electron chi connectivity index (χ1n) is 8.86. The Morgan fingerprint density at radius 2 is 1.89 bits per heavy atom. The van der Waals surface area contributed by atoms with E-state index >= 15 is 0 Å². The average Bonchev–Trinajstić information content (AvgIpc) is 3.08. The molecule has 8 heteroatoms. The number of nitrogens with zero attached hydrogens (tertiary/aromatic N) is 4. The lowest BCUT2D eigenvalue weighted by Crippen LogP contribution is -2.37. The van der Waals surface area contributed by atoms with E-state index < -0.39 is 5.95 Å². The van der Waals surface area contributed by atoms with Gasteiger partial charge in [-0.1, -0.05) is 41.4 Å². The van der Waals surface area contributed by atoms with E-state index in [0.29, 0.717) is 11.0 Å². The van der Waals surface area contributed by atoms with Crippen LogP contribution in [0.5, 0.6) is 0 Å². The van der Waals surface area contributed by atoms with Gasteiger partial charge in [0.25, 0.3) is 0 Å². The number of alkyl halides is 1. The number of aromatic amines is 1. The van der Waals surface area contributed by atoms with Crippen molar-refractivity contribution < 1.29 is 4.39 Å². The Morgan fingerprint density at radius 1 is 1.22 bits per heavy atom. The Balaban J connectivity index is 0.000000614. The van der Waals surface area contributed by atoms with Crippen LogP contribution < -0.4 is 4.90 Å². The van der Waals surface area contributed by atoms with Crippen LogP contribution in [-0.4, -0.2) is 38.9 Å². The SMILES string of the molecule is CBr.CC.CN(c1ncc(Cl)cn1)C1CCc2[nH]c3ccc(F)nc3c2C1. The van der Waals surface area contributed by atoms with E-state index in [4.69, 9.17) is 11.6 Å². The Labute approximate surface area is 172 Å². The summed E-state index contributed by atoms with van der Waals surface area (Å²) in [5.41, 5.74) is 3.87. The third-order valence-corrected chi connectivity index (χ3v) is 4.63. The van der Waals surface area contributed by atoms with Crippen LogP contribution in [0.2, 0.25) is 5.02 Å². The van der Waals surface area contributed by atoms with Gasteiger partial charge in [-0.25, -0.2) is 15.0 Å². The number of H-pyrrole nitrogens is 1. The summed E-state index contributed by atoms with van der Waals surface area (Å²) >= 11 is 8.78. The van der Waals surface area contributed by atoms with Gasteiger partial charge in [0, 0.05) is 24.3 Å². The van der Waals surface area contributed by atoms with Crippen LogP contribution in [0, 0.1) is 5.95 Å². The molecule has 0 amide bonds. The van der Waals surface area contributed by atoms with Crippen molar-refractivity contribution in [2.24, 2.45) is 0 Å². The second kappa shape index (κ2) is 9.99. The van der Waals surface area contributed by atoms with Crippen molar-refractivity contribution in [1.29, 1.82) is 0 Å². The molecule has 0 saturated carbocycles. The number of hydrogen-bond donors (Lipinski definition) is 1. The Morgan fingerprint density at radius 3 is 2.56 bits per heavy atom. The largest absolute Gasteiger partial charge is 0.357 e. The van der Waals surface area contributed by atoms with Gasteiger partial charge in [0.05, 0.1) is 28.4 Å². The minimum absolute atomic E-state index is 0.243. The van der Waals surface area contributed by atoms with E-state index in [9.17, 15) is 4.39 Å². The van der Waals surface area contributed by atoms with E-state index in [2.05, 4.69) is 40.8 Å². The van der Waals surface area contributed by atoms with Crippen molar-refractivity contribution in [3.8, 4) is 0 Å². The Kier molecular flexibility index (Phi) is 7.98. The van der Waals surface area contributed by atoms with Gasteiger partial charge in [-0.3, -0.25) is 0 Å². The number of aryl methyl sites for hydroxylation is 1. The van der Waals surface area contributed by atoms with Gasteiger partial charge in [-0.15, -0.1) is 0 Å². The van der Waals surface area contributed by atoms with Crippen LogP contribution in [0.25, 0.3) is 11.0 Å². The molecule has 0 radical (unpaired) electrons. The Bertz CT molecular complexity index is 868. The fraction of sp³-hybridized carbons (Fsp3) is 0.421. The van der Waals surface area contributed by atoms with Crippen molar-refractivity contribution in [2.45, 2.75) is 39.2 Å². The zero-order chi connectivity index (χ0) is 20.0. The number of likely N-dealkylation sites (N-methyl/N-ethyl adjacent to an activating group) is 1. The van der Waals surface area contributed by atoms with Crippen LogP contribution in [0.3, 0.4) is 0 Å². The lowest BCUT2D eigenvalue weighted by Gasteiger charge is -2.31. The molecule has 0 saturated heterocycles. The monoisotopic (exact) mass is 455 g/mol. The van der Waals surface area contributed by atoms with Crippen LogP contribution in [0.1, 0.15) is 31.5 Å². The predicted octanol–water partition coefficient (Wildman–Crippen LogP) is 5.18. The van der Waals surface area contributed by atoms with E-state index in [-0.39, 0.29) is 6.04 Å². The molecule has 3 aromatic rings. The van der Waals surface area contributed by atoms with Gasteiger partial charge in [0.1, 0.15) is 0 Å². The van der Waals surface area contributed by atoms with Crippen LogP contribution >= 0.6 is 27.5 Å². The molecule has 0 bridgehead atoms. The summed E-state index contributed by atoms with van der Waals surface area (Å²) in [4.78, 5) is 18.0. The third kappa shape index (κ3) is 4.76. The summed E-state index contributed by atoms with van der Waals surface area (Å²) in [5, 5.41) is 0.518. The van der Waals surface area contributed by atoms with Gasteiger partial charge in [-0.2, -0.15) is 4.39 Å². The molecule has 146 valence electrons. The molecule has 1 aliphatic carbocycles. The summed E-state index contributed by atoms with van der Waals surface area (Å²) in [7, 11) is 1.97. The van der Waals surface area contributed by atoms with Crippen LogP contribution in [0.15, 0.2) is 24.5 Å². The maximum Gasteiger partial charge on any atom is 0.225 e. The number of aromatic nitrogens is 4. The lowest BCUT2D eigenvalue weighted by molar-refractivity contribution is 0.537. The molecular weight excluding hydrogens is 433 g/mol. The molecule has 3 heterocycles. The minimum Gasteiger partial charge on any atom is -0.357 e. The van der Waals surface area contributed by atoms with Crippen molar-refractivity contribution in [3.63, 3.8) is 0 Å². The van der Waals surface area contributed by atoms with Crippen molar-refractivity contribution in [1.82, 2.24) is 19.9 Å². The number of anilines is 1. The zero-order valence-electron chi connectivity index (χ0n) is 15.9. The maximum atomic E-state index is 13.5. The summed E-state index contributed by atoms with van der Waals surface area (Å²) < 4.78 is 13.5. The molecule has 27 heavy (non-hydrogen) atoms. The first kappa shape index (κ1) is 21.6. The third-order valence-electron chi connectivity index (χ3n) is 4.43. The first-order chi connectivity index (χ1) is 13.1. The molecule has 1 atom stereocenters. The molecule has 3 aromatic heterocycles. The molecule has 1 aliphatic rings. The summed E-state index contributed by atoms with van der Waals surface area (Å²) in [6.45, 7) is 4.00. The fourth-order valence-electron chi connectivity index (χ4n) is 3.21. The number of hydrogen-bond acceptors (Lipinski definition) is 4. The first-order valence-corrected chi connectivity index (χ1v) is 10.8. The number of halogens is 3. The van der Waals surface area contributed by atoms with Crippen molar-refractivity contribution in [3.05, 3.63) is 46.8 Å². The number of rotatable bonds is 2. The van der Waals surface area contributed by atoms with Gasteiger partial charge in [-0.05, 0) is 37.2 Å². The van der Waals surface area contributed by atoms with Crippen molar-refractivity contribution >= 4 is 44.5 Å². The molecule has 5 nitrogen and oxygen atoms in total. The number of pyridine rings is 1. The van der Waals surface area contributed by atoms with Gasteiger partial charge in [0.15, 0.2) is 0 Å². The highest BCUT2D eigenvalue weighted by Gasteiger charge is 2.27. The molecule has 0 aromatic carbocycles. The molecule has 0 aliphatic heterocycles. The summed E-state index contributed by atoms with van der Waals surface area (Å²) in [5.74, 6) is 2.00. The molecular formula is C19H24BrClFN5. The number of fused-ring (bicyclic) bond motifs is 3. The molecule has 1 unspecified atom stereocenters. The van der Waals surface area contributed by atoms with Gasteiger partial charge < -0.3 is 9.88 Å². The molecule has 0 spiro atoms. The molecule has 1 N–H and O–H groups in total. The average molecular weight is 457 g/mol. The van der Waals surface area contributed by atoms with Crippen LogP contribution in [0.4, 0.5) is 10.3 Å². The maximum absolute atomic E-state index is 13.5. The van der Waals surface area contributed by atoms with E-state index in [1.807, 2.05) is 26.7 Å². The van der Waals surface area contributed by atoms with E-state index in [0.717, 1.165) is 41.6 Å². The molecule has 0 fully saturated rings. The second-order valence-electron chi connectivity index (χ2n) is 5.82. The quantitative estimate of drug-likeness (QED) is 0.426. The standard InChI is InChI=1S/C16H15ClFN5.C2H6.CH3Br/c1-23(16-19-7-9(17)8-20-16)10-2-3-12-11(6-10)15-13(21-12)4-5-14(18)22-15;2*1-2/h4-5,7-8,10,21H,2-3,6H2,1H3;1-2H3;1H3. The number of nitrogens with one attached hydrogen (secondary N) is 1. The highest BCUT2D eigenvalue weighted by atomic mass is 79.9. The van der Waals surface area contributed by atoms with Crippen molar-refractivity contribution in [2.75, 3.05) is 17.8 Å².